The van der Waals surface area contributed by atoms with Gasteiger partial charge in [-0.05, 0) is 43.0 Å². The number of benzene rings is 2. The summed E-state index contributed by atoms with van der Waals surface area (Å²) in [5, 5.41) is 6.46. The number of para-hydroxylation sites is 1. The zero-order valence-corrected chi connectivity index (χ0v) is 16.3. The fraction of sp³-hybridized carbons (Fsp3) is 0.227. The highest BCUT2D eigenvalue weighted by Gasteiger charge is 2.21. The number of rotatable bonds is 4. The molecule has 0 aliphatic heterocycles. The Morgan fingerprint density at radius 3 is 2.68 bits per heavy atom. The smallest absolute Gasteiger partial charge is 0.182 e. The number of aryl methyl sites for hydroxylation is 1. The Bertz CT molecular complexity index is 1170. The van der Waals surface area contributed by atoms with Crippen molar-refractivity contribution < 1.29 is 4.74 Å². The topological polar surface area (TPSA) is 52.8 Å². The molecule has 0 amide bonds. The Morgan fingerprint density at radius 2 is 1.86 bits per heavy atom. The predicted octanol–water partition coefficient (Wildman–Crippen LogP) is 4.69. The first-order valence-corrected chi connectivity index (χ1v) is 9.75. The molecule has 0 radical (unpaired) electrons. The van der Waals surface area contributed by atoms with Crippen molar-refractivity contribution >= 4 is 22.5 Å². The molecule has 1 aliphatic carbocycles. The van der Waals surface area contributed by atoms with E-state index in [1.807, 2.05) is 28.9 Å². The largest absolute Gasteiger partial charge is 0.497 e. The molecule has 5 nitrogen and oxygen atoms in total. The minimum Gasteiger partial charge on any atom is -0.497 e. The highest BCUT2D eigenvalue weighted by molar-refractivity contribution is 6.30. The van der Waals surface area contributed by atoms with Gasteiger partial charge in [0, 0.05) is 16.6 Å². The van der Waals surface area contributed by atoms with Crippen molar-refractivity contribution in [2.75, 3.05) is 7.11 Å². The summed E-state index contributed by atoms with van der Waals surface area (Å²) >= 11 is 6.44. The van der Waals surface area contributed by atoms with E-state index in [0.29, 0.717) is 17.5 Å². The van der Waals surface area contributed by atoms with Crippen LogP contribution in [0.5, 0.6) is 5.75 Å². The SMILES string of the molecule is COc1ccc(Cn2nc(-c3nc(Cl)c4c(n3)CCC4)c3ccccc32)cc1. The average Bonchev–Trinajstić information content (AvgIpc) is 3.34. The quantitative estimate of drug-likeness (QED) is 0.474. The van der Waals surface area contributed by atoms with Gasteiger partial charge in [0.1, 0.15) is 16.6 Å². The van der Waals surface area contributed by atoms with Crippen LogP contribution in [0.2, 0.25) is 5.15 Å². The summed E-state index contributed by atoms with van der Waals surface area (Å²) in [6.07, 6.45) is 3.00. The summed E-state index contributed by atoms with van der Waals surface area (Å²) < 4.78 is 7.24. The lowest BCUT2D eigenvalue weighted by Crippen LogP contribution is -2.03. The van der Waals surface area contributed by atoms with Gasteiger partial charge in [0.2, 0.25) is 0 Å². The van der Waals surface area contributed by atoms with Crippen LogP contribution < -0.4 is 4.74 Å². The maximum Gasteiger partial charge on any atom is 0.182 e. The van der Waals surface area contributed by atoms with Crippen LogP contribution in [0.4, 0.5) is 0 Å². The molecule has 6 heteroatoms. The standard InChI is InChI=1S/C22H19ClN4O/c1-28-15-11-9-14(10-12-15)13-27-19-8-3-2-5-17(19)20(26-27)22-24-18-7-4-6-16(18)21(23)25-22/h2-3,5,8-12H,4,6-7,13H2,1H3. The normalized spacial score (nSPS) is 13.1. The van der Waals surface area contributed by atoms with E-state index < -0.39 is 0 Å². The summed E-state index contributed by atoms with van der Waals surface area (Å²) in [6.45, 7) is 0.656. The molecule has 0 unspecified atom stereocenters. The second kappa shape index (κ2) is 6.91. The van der Waals surface area contributed by atoms with Crippen LogP contribution >= 0.6 is 11.6 Å². The van der Waals surface area contributed by atoms with E-state index in [1.54, 1.807) is 7.11 Å². The Kier molecular flexibility index (Phi) is 4.24. The molecule has 2 aromatic heterocycles. The monoisotopic (exact) mass is 390 g/mol. The van der Waals surface area contributed by atoms with Crippen molar-refractivity contribution in [1.82, 2.24) is 19.7 Å². The molecule has 0 fully saturated rings. The van der Waals surface area contributed by atoms with E-state index in [9.17, 15) is 0 Å². The molecule has 0 spiro atoms. The number of nitrogens with zero attached hydrogens (tertiary/aromatic N) is 4. The lowest BCUT2D eigenvalue weighted by atomic mass is 10.2. The van der Waals surface area contributed by atoms with Gasteiger partial charge in [-0.3, -0.25) is 4.68 Å². The van der Waals surface area contributed by atoms with Crippen LogP contribution in [0.1, 0.15) is 23.2 Å². The van der Waals surface area contributed by atoms with Crippen LogP contribution in [-0.4, -0.2) is 26.9 Å². The van der Waals surface area contributed by atoms with Gasteiger partial charge in [-0.25, -0.2) is 9.97 Å². The molecule has 140 valence electrons. The molecule has 0 atom stereocenters. The molecule has 4 aromatic rings. The van der Waals surface area contributed by atoms with E-state index in [2.05, 4.69) is 29.2 Å². The van der Waals surface area contributed by atoms with Gasteiger partial charge < -0.3 is 4.74 Å². The Morgan fingerprint density at radius 1 is 1.04 bits per heavy atom. The molecule has 2 heterocycles. The van der Waals surface area contributed by atoms with Gasteiger partial charge in [0.15, 0.2) is 5.82 Å². The van der Waals surface area contributed by atoms with Gasteiger partial charge in [-0.15, -0.1) is 0 Å². The minimum absolute atomic E-state index is 0.561. The number of fused-ring (bicyclic) bond motifs is 2. The molecule has 1 aliphatic rings. The van der Waals surface area contributed by atoms with Gasteiger partial charge in [0.25, 0.3) is 0 Å². The zero-order chi connectivity index (χ0) is 19.1. The van der Waals surface area contributed by atoms with Gasteiger partial charge in [-0.2, -0.15) is 5.10 Å². The molecule has 0 N–H and O–H groups in total. The molecule has 0 bridgehead atoms. The van der Waals surface area contributed by atoms with Crippen LogP contribution in [0.3, 0.4) is 0 Å². The predicted molar refractivity (Wildman–Crippen MR) is 110 cm³/mol. The summed E-state index contributed by atoms with van der Waals surface area (Å²) in [5.74, 6) is 1.45. The minimum atomic E-state index is 0.561. The maximum atomic E-state index is 6.44. The fourth-order valence-corrected chi connectivity index (χ4v) is 4.09. The van der Waals surface area contributed by atoms with Crippen LogP contribution in [0.15, 0.2) is 48.5 Å². The second-order valence-corrected chi connectivity index (χ2v) is 7.35. The van der Waals surface area contributed by atoms with E-state index in [0.717, 1.165) is 58.4 Å². The molecule has 28 heavy (non-hydrogen) atoms. The molecule has 0 saturated carbocycles. The van der Waals surface area contributed by atoms with Crippen molar-refractivity contribution in [2.24, 2.45) is 0 Å². The highest BCUT2D eigenvalue weighted by atomic mass is 35.5. The second-order valence-electron chi connectivity index (χ2n) is 6.99. The van der Waals surface area contributed by atoms with Gasteiger partial charge >= 0.3 is 0 Å². The molecular formula is C22H19ClN4O. The first kappa shape index (κ1) is 17.2. The molecule has 5 rings (SSSR count). The van der Waals surface area contributed by atoms with Crippen molar-refractivity contribution in [1.29, 1.82) is 0 Å². The lowest BCUT2D eigenvalue weighted by molar-refractivity contribution is 0.414. The van der Waals surface area contributed by atoms with E-state index in [4.69, 9.17) is 26.4 Å². The summed E-state index contributed by atoms with van der Waals surface area (Å²) in [6, 6.07) is 16.2. The molecular weight excluding hydrogens is 372 g/mol. The zero-order valence-electron chi connectivity index (χ0n) is 15.5. The van der Waals surface area contributed by atoms with Crippen molar-refractivity contribution in [2.45, 2.75) is 25.8 Å². The Labute approximate surface area is 168 Å². The third-order valence-corrected chi connectivity index (χ3v) is 5.56. The van der Waals surface area contributed by atoms with E-state index in [-0.39, 0.29) is 0 Å². The van der Waals surface area contributed by atoms with Gasteiger partial charge in [0.05, 0.1) is 19.2 Å². The first-order chi connectivity index (χ1) is 13.7. The number of methoxy groups -OCH3 is 1. The van der Waals surface area contributed by atoms with Crippen molar-refractivity contribution in [3.05, 3.63) is 70.5 Å². The third kappa shape index (κ3) is 2.92. The fourth-order valence-electron chi connectivity index (χ4n) is 3.81. The van der Waals surface area contributed by atoms with Crippen LogP contribution in [-0.2, 0) is 19.4 Å². The lowest BCUT2D eigenvalue weighted by Gasteiger charge is -2.05. The molecule has 0 saturated heterocycles. The Hall–Kier alpha value is -2.92. The first-order valence-electron chi connectivity index (χ1n) is 9.37. The number of hydrogen-bond acceptors (Lipinski definition) is 4. The summed E-state index contributed by atoms with van der Waals surface area (Å²) in [4.78, 5) is 9.36. The summed E-state index contributed by atoms with van der Waals surface area (Å²) in [7, 11) is 1.67. The summed E-state index contributed by atoms with van der Waals surface area (Å²) in [5.41, 5.74) is 5.12. The van der Waals surface area contributed by atoms with Crippen LogP contribution in [0, 0.1) is 0 Å². The van der Waals surface area contributed by atoms with Crippen molar-refractivity contribution in [3.63, 3.8) is 0 Å². The third-order valence-electron chi connectivity index (χ3n) is 5.24. The van der Waals surface area contributed by atoms with E-state index in [1.165, 1.54) is 0 Å². The Balaban J connectivity index is 1.60. The van der Waals surface area contributed by atoms with E-state index >= 15 is 0 Å². The van der Waals surface area contributed by atoms with Gasteiger partial charge in [-0.1, -0.05) is 41.9 Å². The average molecular weight is 391 g/mol. The maximum absolute atomic E-state index is 6.44. The van der Waals surface area contributed by atoms with Crippen molar-refractivity contribution in [3.8, 4) is 17.3 Å². The molecule has 2 aromatic carbocycles. The van der Waals surface area contributed by atoms with Crippen LogP contribution in [0.25, 0.3) is 22.4 Å². The number of aromatic nitrogens is 4. The number of hydrogen-bond donors (Lipinski definition) is 0. The highest BCUT2D eigenvalue weighted by Crippen LogP contribution is 2.31. The number of halogens is 1. The number of ether oxygens (including phenoxy) is 1.